The summed E-state index contributed by atoms with van der Waals surface area (Å²) in [7, 11) is 0. The van der Waals surface area contributed by atoms with Gasteiger partial charge < -0.3 is 14.5 Å². The average molecular weight is 284 g/mol. The summed E-state index contributed by atoms with van der Waals surface area (Å²) in [5, 5.41) is 0. The zero-order chi connectivity index (χ0) is 15.3. The highest BCUT2D eigenvalue weighted by atomic mass is 16.6. The molecule has 0 radical (unpaired) electrons. The number of carbonyl (C=O) groups excluding carboxylic acids is 2. The molecule has 0 aromatic rings. The molecular weight excluding hydrogens is 256 g/mol. The monoisotopic (exact) mass is 284 g/mol. The number of ether oxygens (including phenoxy) is 1. The lowest BCUT2D eigenvalue weighted by Gasteiger charge is -2.36. The van der Waals surface area contributed by atoms with E-state index in [0.29, 0.717) is 12.5 Å². The predicted molar refractivity (Wildman–Crippen MR) is 78.5 cm³/mol. The molecule has 0 bridgehead atoms. The Morgan fingerprint density at radius 2 is 2.00 bits per heavy atom. The van der Waals surface area contributed by atoms with Crippen LogP contribution in [-0.2, 0) is 9.53 Å². The Morgan fingerprint density at radius 1 is 1.35 bits per heavy atom. The van der Waals surface area contributed by atoms with Gasteiger partial charge in [-0.1, -0.05) is 0 Å². The second-order valence-corrected chi connectivity index (χ2v) is 6.49. The zero-order valence-electron chi connectivity index (χ0n) is 13.4. The first kappa shape index (κ1) is 16.8. The molecule has 116 valence electrons. The van der Waals surface area contributed by atoms with Crippen LogP contribution in [-0.4, -0.2) is 53.6 Å². The van der Waals surface area contributed by atoms with Crippen molar-refractivity contribution in [2.45, 2.75) is 53.1 Å². The summed E-state index contributed by atoms with van der Waals surface area (Å²) in [5.74, 6) is 0.446. The fourth-order valence-electron chi connectivity index (χ4n) is 2.50. The van der Waals surface area contributed by atoms with Gasteiger partial charge in [0.2, 0.25) is 5.91 Å². The number of hydrogen-bond acceptors (Lipinski definition) is 3. The van der Waals surface area contributed by atoms with Crippen LogP contribution < -0.4 is 0 Å². The minimum absolute atomic E-state index is 0.0990. The number of nitrogens with zero attached hydrogens (tertiary/aromatic N) is 2. The fraction of sp³-hybridized carbons (Fsp3) is 0.867. The maximum atomic E-state index is 12.1. The van der Waals surface area contributed by atoms with Crippen molar-refractivity contribution in [2.24, 2.45) is 5.92 Å². The van der Waals surface area contributed by atoms with Gasteiger partial charge in [-0.3, -0.25) is 4.79 Å². The fourth-order valence-corrected chi connectivity index (χ4v) is 2.50. The lowest BCUT2D eigenvalue weighted by atomic mass is 9.97. The molecule has 1 heterocycles. The van der Waals surface area contributed by atoms with Gasteiger partial charge in [0.15, 0.2) is 0 Å². The van der Waals surface area contributed by atoms with Gasteiger partial charge in [-0.15, -0.1) is 0 Å². The molecule has 20 heavy (non-hydrogen) atoms. The van der Waals surface area contributed by atoms with Crippen molar-refractivity contribution in [3.8, 4) is 0 Å². The van der Waals surface area contributed by atoms with Crippen LogP contribution in [0.15, 0.2) is 0 Å². The first-order chi connectivity index (χ1) is 9.23. The minimum Gasteiger partial charge on any atom is -0.444 e. The van der Waals surface area contributed by atoms with Gasteiger partial charge in [-0.25, -0.2) is 4.79 Å². The van der Waals surface area contributed by atoms with Crippen LogP contribution in [0.2, 0.25) is 0 Å². The normalized spacial score (nSPS) is 19.6. The number of rotatable bonds is 3. The Labute approximate surface area is 122 Å². The summed E-state index contributed by atoms with van der Waals surface area (Å²) in [6.07, 6.45) is 1.79. The number of carbonyl (C=O) groups is 2. The summed E-state index contributed by atoms with van der Waals surface area (Å²) in [4.78, 5) is 27.2. The summed E-state index contributed by atoms with van der Waals surface area (Å²) in [5.41, 5.74) is -0.459. The number of amides is 2. The van der Waals surface area contributed by atoms with Gasteiger partial charge in [0, 0.05) is 33.1 Å². The van der Waals surface area contributed by atoms with Crippen LogP contribution in [0, 0.1) is 5.92 Å². The number of likely N-dealkylation sites (tertiary alicyclic amines) is 1. The third-order valence-corrected chi connectivity index (χ3v) is 3.48. The van der Waals surface area contributed by atoms with Crippen LogP contribution in [0.25, 0.3) is 0 Å². The topological polar surface area (TPSA) is 49.9 Å². The highest BCUT2D eigenvalue weighted by Gasteiger charge is 2.28. The van der Waals surface area contributed by atoms with Crippen molar-refractivity contribution < 1.29 is 14.3 Å². The molecule has 0 aliphatic carbocycles. The molecule has 0 N–H and O–H groups in total. The van der Waals surface area contributed by atoms with Crippen molar-refractivity contribution >= 4 is 12.0 Å². The van der Waals surface area contributed by atoms with E-state index in [0.717, 1.165) is 32.5 Å². The van der Waals surface area contributed by atoms with E-state index in [4.69, 9.17) is 4.74 Å². The van der Waals surface area contributed by atoms with Crippen molar-refractivity contribution in [1.82, 2.24) is 9.80 Å². The Hall–Kier alpha value is -1.26. The van der Waals surface area contributed by atoms with Gasteiger partial charge in [-0.2, -0.15) is 0 Å². The quantitative estimate of drug-likeness (QED) is 0.800. The zero-order valence-corrected chi connectivity index (χ0v) is 13.4. The van der Waals surface area contributed by atoms with E-state index >= 15 is 0 Å². The van der Waals surface area contributed by atoms with Gasteiger partial charge in [0.25, 0.3) is 0 Å². The van der Waals surface area contributed by atoms with E-state index in [2.05, 4.69) is 0 Å². The van der Waals surface area contributed by atoms with E-state index in [1.165, 1.54) is 0 Å². The standard InChI is InChI=1S/C15H28N2O3/c1-6-16(12(2)18)10-13-8-7-9-17(11-13)14(19)20-15(3,4)5/h13H,6-11H2,1-5H3. The molecule has 1 aliphatic rings. The Morgan fingerprint density at radius 3 is 2.50 bits per heavy atom. The van der Waals surface area contributed by atoms with Gasteiger partial charge in [0.05, 0.1) is 0 Å². The molecule has 1 rings (SSSR count). The summed E-state index contributed by atoms with van der Waals surface area (Å²) in [6, 6.07) is 0. The van der Waals surface area contributed by atoms with Crippen LogP contribution >= 0.6 is 0 Å². The van der Waals surface area contributed by atoms with Crippen molar-refractivity contribution in [2.75, 3.05) is 26.2 Å². The summed E-state index contributed by atoms with van der Waals surface area (Å²) in [6.45, 7) is 12.1. The molecule has 1 fully saturated rings. The number of hydrogen-bond donors (Lipinski definition) is 0. The molecule has 1 saturated heterocycles. The smallest absolute Gasteiger partial charge is 0.410 e. The predicted octanol–water partition coefficient (Wildman–Crippen LogP) is 2.50. The van der Waals surface area contributed by atoms with Crippen LogP contribution in [0.4, 0.5) is 4.79 Å². The van der Waals surface area contributed by atoms with Crippen molar-refractivity contribution in [1.29, 1.82) is 0 Å². The van der Waals surface area contributed by atoms with E-state index in [-0.39, 0.29) is 12.0 Å². The minimum atomic E-state index is -0.459. The van der Waals surface area contributed by atoms with Crippen molar-refractivity contribution in [3.05, 3.63) is 0 Å². The molecule has 0 spiro atoms. The molecule has 5 heteroatoms. The Bertz CT molecular complexity index is 350. The maximum Gasteiger partial charge on any atom is 0.410 e. The highest BCUT2D eigenvalue weighted by molar-refractivity contribution is 5.73. The number of piperidine rings is 1. The van der Waals surface area contributed by atoms with Crippen LogP contribution in [0.3, 0.4) is 0 Å². The second kappa shape index (κ2) is 6.95. The Kier molecular flexibility index (Phi) is 5.84. The van der Waals surface area contributed by atoms with E-state index in [9.17, 15) is 9.59 Å². The molecule has 1 unspecified atom stereocenters. The molecule has 2 amide bonds. The Balaban J connectivity index is 2.54. The molecule has 1 atom stereocenters. The summed E-state index contributed by atoms with van der Waals surface area (Å²) >= 11 is 0. The van der Waals surface area contributed by atoms with Gasteiger partial charge in [0.1, 0.15) is 5.60 Å². The van der Waals surface area contributed by atoms with E-state index in [1.807, 2.05) is 32.6 Å². The van der Waals surface area contributed by atoms with Gasteiger partial charge in [-0.05, 0) is 46.5 Å². The maximum absolute atomic E-state index is 12.1. The highest BCUT2D eigenvalue weighted by Crippen LogP contribution is 2.20. The first-order valence-corrected chi connectivity index (χ1v) is 7.46. The van der Waals surface area contributed by atoms with Gasteiger partial charge >= 0.3 is 6.09 Å². The largest absolute Gasteiger partial charge is 0.444 e. The molecule has 1 aliphatic heterocycles. The third-order valence-electron chi connectivity index (χ3n) is 3.48. The lowest BCUT2D eigenvalue weighted by Crippen LogP contribution is -2.46. The average Bonchev–Trinajstić information content (AvgIpc) is 2.34. The third kappa shape index (κ3) is 5.39. The molecule has 0 saturated carbocycles. The van der Waals surface area contributed by atoms with Crippen LogP contribution in [0.5, 0.6) is 0 Å². The molecule has 5 nitrogen and oxygen atoms in total. The van der Waals surface area contributed by atoms with Crippen LogP contribution in [0.1, 0.15) is 47.5 Å². The SMILES string of the molecule is CCN(CC1CCCN(C(=O)OC(C)(C)C)C1)C(C)=O. The lowest BCUT2D eigenvalue weighted by molar-refractivity contribution is -0.129. The molecule has 0 aromatic carbocycles. The molecule has 0 aromatic heterocycles. The summed E-state index contributed by atoms with van der Waals surface area (Å²) < 4.78 is 5.41. The van der Waals surface area contributed by atoms with E-state index < -0.39 is 5.60 Å². The van der Waals surface area contributed by atoms with E-state index in [1.54, 1.807) is 11.8 Å². The van der Waals surface area contributed by atoms with Crippen molar-refractivity contribution in [3.63, 3.8) is 0 Å². The second-order valence-electron chi connectivity index (χ2n) is 6.49. The first-order valence-electron chi connectivity index (χ1n) is 7.46. The molecular formula is C15H28N2O3.